The first kappa shape index (κ1) is 17.3. The molecule has 0 spiro atoms. The molecular formula is C20H26FN3O2. The maximum atomic E-state index is 13.8. The zero-order valence-electron chi connectivity index (χ0n) is 15.6. The third-order valence-corrected chi connectivity index (χ3v) is 6.29. The fourth-order valence-corrected chi connectivity index (χ4v) is 4.57. The lowest BCUT2D eigenvalue weighted by molar-refractivity contribution is -0.135. The van der Waals surface area contributed by atoms with E-state index in [-0.39, 0.29) is 41.0 Å². The summed E-state index contributed by atoms with van der Waals surface area (Å²) in [5.41, 5.74) is 0.645. The van der Waals surface area contributed by atoms with E-state index in [4.69, 9.17) is 0 Å². The number of hydrogen-bond donors (Lipinski definition) is 0. The predicted molar refractivity (Wildman–Crippen MR) is 95.8 cm³/mol. The quantitative estimate of drug-likeness (QED) is 0.815. The second-order valence-electron chi connectivity index (χ2n) is 8.52. The van der Waals surface area contributed by atoms with Crippen LogP contribution >= 0.6 is 0 Å². The van der Waals surface area contributed by atoms with Gasteiger partial charge in [-0.2, -0.15) is 0 Å². The molecule has 0 aromatic heterocycles. The monoisotopic (exact) mass is 359 g/mol. The molecule has 3 amide bonds. The number of halogens is 1. The Bertz CT molecular complexity index is 746. The summed E-state index contributed by atoms with van der Waals surface area (Å²) in [5, 5.41) is 0. The lowest BCUT2D eigenvalue weighted by Gasteiger charge is -2.32. The van der Waals surface area contributed by atoms with Crippen molar-refractivity contribution >= 4 is 11.9 Å². The van der Waals surface area contributed by atoms with Gasteiger partial charge in [-0.15, -0.1) is 0 Å². The minimum atomic E-state index is -0.292. The lowest BCUT2D eigenvalue weighted by Crippen LogP contribution is -2.42. The Labute approximate surface area is 153 Å². The number of carbonyl (C=O) groups is 2. The highest BCUT2D eigenvalue weighted by Crippen LogP contribution is 2.50. The van der Waals surface area contributed by atoms with Crippen molar-refractivity contribution in [1.82, 2.24) is 14.7 Å². The van der Waals surface area contributed by atoms with Crippen LogP contribution in [0.15, 0.2) is 24.3 Å². The van der Waals surface area contributed by atoms with E-state index in [1.54, 1.807) is 25.1 Å². The van der Waals surface area contributed by atoms with Gasteiger partial charge >= 0.3 is 6.03 Å². The number of nitrogens with zero attached hydrogens (tertiary/aromatic N) is 3. The minimum Gasteiger partial charge on any atom is -0.341 e. The van der Waals surface area contributed by atoms with Gasteiger partial charge in [0.25, 0.3) is 0 Å². The molecule has 3 fully saturated rings. The molecule has 26 heavy (non-hydrogen) atoms. The van der Waals surface area contributed by atoms with E-state index < -0.39 is 0 Å². The van der Waals surface area contributed by atoms with Crippen molar-refractivity contribution in [3.63, 3.8) is 0 Å². The maximum Gasteiger partial charge on any atom is 0.320 e. The van der Waals surface area contributed by atoms with Gasteiger partial charge in [0, 0.05) is 51.0 Å². The van der Waals surface area contributed by atoms with Crippen molar-refractivity contribution in [1.29, 1.82) is 0 Å². The highest BCUT2D eigenvalue weighted by molar-refractivity contribution is 5.85. The number of fused-ring (bicyclic) bond motifs is 1. The topological polar surface area (TPSA) is 43.9 Å². The van der Waals surface area contributed by atoms with Crippen LogP contribution in [0.4, 0.5) is 9.18 Å². The SMILES string of the molecule is CN(C)C(=O)N1C[C@H]2CN(C(=O)C3(C)CC3)C[C@H]2[C@H]1c1cccc(F)c1. The molecule has 5 nitrogen and oxygen atoms in total. The van der Waals surface area contributed by atoms with Crippen molar-refractivity contribution < 1.29 is 14.0 Å². The maximum absolute atomic E-state index is 13.8. The molecular weight excluding hydrogens is 333 g/mol. The number of amides is 3. The van der Waals surface area contributed by atoms with Crippen molar-refractivity contribution in [3.8, 4) is 0 Å². The first-order chi connectivity index (χ1) is 12.3. The minimum absolute atomic E-state index is 0.0549. The summed E-state index contributed by atoms with van der Waals surface area (Å²) in [6.07, 6.45) is 1.94. The van der Waals surface area contributed by atoms with E-state index in [0.29, 0.717) is 19.6 Å². The smallest absolute Gasteiger partial charge is 0.320 e. The van der Waals surface area contributed by atoms with Crippen LogP contribution in [0.25, 0.3) is 0 Å². The van der Waals surface area contributed by atoms with Gasteiger partial charge in [-0.3, -0.25) is 4.79 Å². The number of rotatable bonds is 2. The van der Waals surface area contributed by atoms with Gasteiger partial charge < -0.3 is 14.7 Å². The molecule has 1 saturated carbocycles. The Morgan fingerprint density at radius 1 is 1.19 bits per heavy atom. The van der Waals surface area contributed by atoms with Crippen molar-refractivity contribution in [2.75, 3.05) is 33.7 Å². The van der Waals surface area contributed by atoms with Crippen molar-refractivity contribution in [2.24, 2.45) is 17.3 Å². The second-order valence-corrected chi connectivity index (χ2v) is 8.52. The summed E-state index contributed by atoms with van der Waals surface area (Å²) in [5.74, 6) is 0.362. The van der Waals surface area contributed by atoms with Crippen molar-refractivity contribution in [2.45, 2.75) is 25.8 Å². The van der Waals surface area contributed by atoms with E-state index >= 15 is 0 Å². The Kier molecular flexibility index (Phi) is 3.97. The predicted octanol–water partition coefficient (Wildman–Crippen LogP) is 2.74. The van der Waals surface area contributed by atoms with Crippen LogP contribution in [-0.2, 0) is 4.79 Å². The fraction of sp³-hybridized carbons (Fsp3) is 0.600. The largest absolute Gasteiger partial charge is 0.341 e. The Morgan fingerprint density at radius 2 is 1.92 bits per heavy atom. The van der Waals surface area contributed by atoms with Gasteiger partial charge in [0.15, 0.2) is 0 Å². The number of urea groups is 1. The first-order valence-corrected chi connectivity index (χ1v) is 9.33. The van der Waals surface area contributed by atoms with E-state index in [0.717, 1.165) is 18.4 Å². The normalized spacial score (nSPS) is 28.8. The molecule has 3 atom stereocenters. The average molecular weight is 359 g/mol. The van der Waals surface area contributed by atoms with E-state index in [1.807, 2.05) is 22.8 Å². The number of carbonyl (C=O) groups excluding carboxylic acids is 2. The van der Waals surface area contributed by atoms with Crippen LogP contribution in [0.5, 0.6) is 0 Å². The standard InChI is InChI=1S/C20H26FN3O2/c1-20(7-8-20)18(25)23-10-14-11-24(19(26)22(2)3)17(16(14)12-23)13-5-4-6-15(21)9-13/h4-6,9,14,16-17H,7-8,10-12H2,1-3H3/t14-,16-,17-/m1/s1. The summed E-state index contributed by atoms with van der Waals surface area (Å²) in [6, 6.07) is 6.29. The molecule has 6 heteroatoms. The van der Waals surface area contributed by atoms with Gasteiger partial charge in [0.2, 0.25) is 5.91 Å². The third-order valence-electron chi connectivity index (χ3n) is 6.29. The van der Waals surface area contributed by atoms with Crippen LogP contribution in [0.2, 0.25) is 0 Å². The van der Waals surface area contributed by atoms with Crippen molar-refractivity contribution in [3.05, 3.63) is 35.6 Å². The molecule has 2 heterocycles. The first-order valence-electron chi connectivity index (χ1n) is 9.33. The molecule has 0 radical (unpaired) electrons. The van der Waals surface area contributed by atoms with Crippen LogP contribution in [0.3, 0.4) is 0 Å². The summed E-state index contributed by atoms with van der Waals surface area (Å²) in [6.45, 7) is 4.00. The summed E-state index contributed by atoms with van der Waals surface area (Å²) in [7, 11) is 3.48. The molecule has 0 bridgehead atoms. The molecule has 3 aliphatic rings. The van der Waals surface area contributed by atoms with Crippen LogP contribution in [0.1, 0.15) is 31.4 Å². The van der Waals surface area contributed by atoms with E-state index in [1.165, 1.54) is 12.1 Å². The molecule has 2 saturated heterocycles. The van der Waals surface area contributed by atoms with Gasteiger partial charge in [0.1, 0.15) is 5.82 Å². The highest BCUT2D eigenvalue weighted by atomic mass is 19.1. The zero-order chi connectivity index (χ0) is 18.6. The average Bonchev–Trinajstić information content (AvgIpc) is 3.07. The third kappa shape index (κ3) is 2.75. The Morgan fingerprint density at radius 3 is 2.54 bits per heavy atom. The van der Waals surface area contributed by atoms with Gasteiger partial charge in [-0.05, 0) is 30.5 Å². The summed E-state index contributed by atoms with van der Waals surface area (Å²) >= 11 is 0. The molecule has 1 aliphatic carbocycles. The molecule has 140 valence electrons. The molecule has 0 unspecified atom stereocenters. The molecule has 0 N–H and O–H groups in total. The second kappa shape index (κ2) is 5.96. The molecule has 2 aliphatic heterocycles. The van der Waals surface area contributed by atoms with Gasteiger partial charge in [-0.1, -0.05) is 19.1 Å². The van der Waals surface area contributed by atoms with Crippen LogP contribution in [0, 0.1) is 23.1 Å². The summed E-state index contributed by atoms with van der Waals surface area (Å²) < 4.78 is 13.8. The fourth-order valence-electron chi connectivity index (χ4n) is 4.57. The highest BCUT2D eigenvalue weighted by Gasteiger charge is 2.54. The van der Waals surface area contributed by atoms with Crippen LogP contribution in [-0.4, -0.2) is 60.4 Å². The Hall–Kier alpha value is -2.11. The molecule has 4 rings (SSSR count). The molecule has 1 aromatic carbocycles. The Balaban J connectivity index is 1.62. The molecule has 1 aromatic rings. The van der Waals surface area contributed by atoms with E-state index in [2.05, 4.69) is 0 Å². The number of hydrogen-bond acceptors (Lipinski definition) is 2. The van der Waals surface area contributed by atoms with Crippen LogP contribution < -0.4 is 0 Å². The number of benzene rings is 1. The van der Waals surface area contributed by atoms with E-state index in [9.17, 15) is 14.0 Å². The van der Waals surface area contributed by atoms with Gasteiger partial charge in [0.05, 0.1) is 6.04 Å². The number of likely N-dealkylation sites (tertiary alicyclic amines) is 2. The zero-order valence-corrected chi connectivity index (χ0v) is 15.6. The summed E-state index contributed by atoms with van der Waals surface area (Å²) in [4.78, 5) is 30.9. The lowest BCUT2D eigenvalue weighted by atomic mass is 9.89. The van der Waals surface area contributed by atoms with Gasteiger partial charge in [-0.25, -0.2) is 9.18 Å².